The van der Waals surface area contributed by atoms with Crippen LogP contribution in [0, 0.1) is 11.8 Å². The summed E-state index contributed by atoms with van der Waals surface area (Å²) in [5, 5.41) is 40.6. The molecule has 0 aliphatic carbocycles. The maximum absolute atomic E-state index is 13.4. The Hall–Kier alpha value is -6.40. The highest BCUT2D eigenvalue weighted by Gasteiger charge is 2.54. The largest absolute Gasteiger partial charge is 0.464 e. The molecule has 3 aliphatic heterocycles. The number of aliphatic hydroxyl groups is 3. The fourth-order valence-electron chi connectivity index (χ4n) is 10.4. The van der Waals surface area contributed by atoms with Crippen LogP contribution in [0.25, 0.3) is 44.1 Å². The normalized spacial score (nSPS) is 20.5. The van der Waals surface area contributed by atoms with Gasteiger partial charge in [0.2, 0.25) is 5.91 Å². The standard InChI is InChI=1S/C30H32ClN3O4.C20H20ClNO4.C10H12N2.2CH4/c1-19(36)29-26(18-35)28(30(37)32-14-13-23-16-33-27-8-3-2-7-25(23)27)34(38-29)17-20-5-4-6-22(15-20)21-9-11-24(31)12-10-21;1-12(23)19-17-11-25-20(24)18(17)22(26-19)10-13-3-2-4-15(9-13)14-5-7-16(21)8-6-14;11-6-5-8-7-12-10-4-2-1-3-9(8)10;;/h2-12,15-16,19,26,28-29,33,35-36H,13-14,17-18H2,1H3,(H,32,37);2-9,12,17-19,23H,10-11H2,1H3;1-4,7,12H,5-6,11H2;2*1H4/t19-,26-,28-,29-;12-,17-,18-,19-;;;/m00.../s1. The molecule has 3 fully saturated rings. The molecule has 3 saturated heterocycles. The fourth-order valence-corrected chi connectivity index (χ4v) is 10.7. The number of rotatable bonds is 15. The van der Waals surface area contributed by atoms with Gasteiger partial charge >= 0.3 is 5.97 Å². The number of nitrogens with zero attached hydrogens (tertiary/aromatic N) is 2. The number of hydrogen-bond acceptors (Lipinski definition) is 11. The number of aromatic amines is 2. The van der Waals surface area contributed by atoms with Crippen molar-refractivity contribution in [3.05, 3.63) is 190 Å². The molecule has 5 heterocycles. The SMILES string of the molecule is C.C.C[C@H](O)[C@@H]1ON(Cc2cccc(-c3ccc(Cl)cc3)c2)[C@@H]2C(=O)OC[C@H]12.C[C@H](O)[C@@H]1ON(Cc2cccc(-c3ccc(Cl)cc3)c2)[C@H](C(=O)NCCc2c[nH]c3ccccc23)[C@@H]1CO.NCCc1c[nH]c2ccccc12. The first-order chi connectivity index (χ1) is 36.9. The van der Waals surface area contributed by atoms with Crippen LogP contribution in [0.15, 0.2) is 158 Å². The van der Waals surface area contributed by atoms with Crippen LogP contribution < -0.4 is 11.1 Å². The van der Waals surface area contributed by atoms with Crippen LogP contribution >= 0.6 is 23.2 Å². The van der Waals surface area contributed by atoms with E-state index < -0.39 is 42.4 Å². The van der Waals surface area contributed by atoms with Gasteiger partial charge in [-0.25, -0.2) is 0 Å². The Bertz CT molecular complexity index is 3200. The number of carbonyl (C=O) groups is 2. The summed E-state index contributed by atoms with van der Waals surface area (Å²) in [5.74, 6) is -1.22. The monoisotopic (exact) mass is 1100 g/mol. The predicted octanol–water partition coefficient (Wildman–Crippen LogP) is 10.3. The van der Waals surface area contributed by atoms with E-state index in [-0.39, 0.29) is 39.3 Å². The first kappa shape index (κ1) is 59.3. The summed E-state index contributed by atoms with van der Waals surface area (Å²) in [6.07, 6.45) is 2.99. The Kier molecular flexibility index (Phi) is 20.9. The second kappa shape index (κ2) is 27.5. The lowest BCUT2D eigenvalue weighted by molar-refractivity contribution is -0.202. The van der Waals surface area contributed by atoms with Gasteiger partial charge in [0.25, 0.3) is 0 Å². The van der Waals surface area contributed by atoms with E-state index in [0.717, 1.165) is 56.3 Å². The summed E-state index contributed by atoms with van der Waals surface area (Å²) in [6.45, 7) is 5.22. The van der Waals surface area contributed by atoms with E-state index in [1.165, 1.54) is 16.5 Å². The van der Waals surface area contributed by atoms with Gasteiger partial charge in [-0.15, -0.1) is 0 Å². The molecular weight excluding hydrogens is 1030 g/mol. The van der Waals surface area contributed by atoms with Gasteiger partial charge in [0.15, 0.2) is 0 Å². The second-order valence-electron chi connectivity index (χ2n) is 19.5. The topological polar surface area (TPSA) is 199 Å². The predicted molar refractivity (Wildman–Crippen MR) is 310 cm³/mol. The van der Waals surface area contributed by atoms with Crippen molar-refractivity contribution >= 4 is 56.9 Å². The van der Waals surface area contributed by atoms with Crippen molar-refractivity contribution < 1.29 is 39.3 Å². The number of benzene rings is 6. The zero-order valence-electron chi connectivity index (χ0n) is 42.4. The average Bonchev–Trinajstić information content (AvgIpc) is 4.33. The van der Waals surface area contributed by atoms with Gasteiger partial charge in [0.1, 0.15) is 24.3 Å². The van der Waals surface area contributed by atoms with E-state index in [9.17, 15) is 24.9 Å². The van der Waals surface area contributed by atoms with Crippen molar-refractivity contribution in [1.29, 1.82) is 0 Å². The summed E-state index contributed by atoms with van der Waals surface area (Å²) in [5.41, 5.74) is 16.3. The maximum Gasteiger partial charge on any atom is 0.326 e. The van der Waals surface area contributed by atoms with Crippen molar-refractivity contribution in [2.75, 3.05) is 26.3 Å². The van der Waals surface area contributed by atoms with E-state index in [1.807, 2.05) is 128 Å². The first-order valence-electron chi connectivity index (χ1n) is 25.7. The lowest BCUT2D eigenvalue weighted by atomic mass is 9.92. The number of nitrogens with two attached hydrogens (primary N) is 1. The minimum absolute atomic E-state index is 0. The van der Waals surface area contributed by atoms with Gasteiger partial charge < -0.3 is 41.1 Å². The number of H-pyrrole nitrogens is 2. The number of aromatic nitrogens is 2. The summed E-state index contributed by atoms with van der Waals surface area (Å²) in [6, 6.07) is 46.5. The van der Waals surface area contributed by atoms with Gasteiger partial charge in [-0.05, 0) is 126 Å². The Labute approximate surface area is 467 Å². The van der Waals surface area contributed by atoms with Gasteiger partial charge in [-0.2, -0.15) is 10.1 Å². The minimum atomic E-state index is -0.848. The van der Waals surface area contributed by atoms with Crippen molar-refractivity contribution in [2.24, 2.45) is 17.6 Å². The Morgan fingerprint density at radius 1 is 0.679 bits per heavy atom. The molecule has 0 unspecified atom stereocenters. The second-order valence-corrected chi connectivity index (χ2v) is 20.4. The summed E-state index contributed by atoms with van der Waals surface area (Å²) in [4.78, 5) is 44.0. The van der Waals surface area contributed by atoms with Crippen molar-refractivity contribution in [3.8, 4) is 22.3 Å². The highest BCUT2D eigenvalue weighted by molar-refractivity contribution is 6.31. The minimum Gasteiger partial charge on any atom is -0.464 e. The van der Waals surface area contributed by atoms with Crippen molar-refractivity contribution in [1.82, 2.24) is 25.4 Å². The van der Waals surface area contributed by atoms with Crippen LogP contribution in [0.1, 0.15) is 51.0 Å². The Morgan fingerprint density at radius 3 is 1.69 bits per heavy atom. The van der Waals surface area contributed by atoms with Gasteiger partial charge in [-0.3, -0.25) is 19.3 Å². The molecule has 6 aromatic carbocycles. The van der Waals surface area contributed by atoms with Crippen LogP contribution in [-0.4, -0.2) is 110 Å². The number of para-hydroxylation sites is 2. The van der Waals surface area contributed by atoms with Crippen molar-refractivity contribution in [2.45, 2.75) is 91.1 Å². The maximum atomic E-state index is 13.4. The molecule has 0 bridgehead atoms. The molecular formula is C62H72Cl2N6O8. The fraction of sp³-hybridized carbons (Fsp3) is 0.323. The number of hydrogen-bond donors (Lipinski definition) is 7. The van der Waals surface area contributed by atoms with Gasteiger partial charge in [0.05, 0.1) is 44.4 Å². The smallest absolute Gasteiger partial charge is 0.326 e. The molecule has 14 nitrogen and oxygen atoms in total. The van der Waals surface area contributed by atoms with Crippen LogP contribution in [-0.2, 0) is 49.9 Å². The van der Waals surface area contributed by atoms with E-state index in [1.54, 1.807) is 24.0 Å². The molecule has 8 N–H and O–H groups in total. The molecule has 2 aromatic heterocycles. The lowest BCUT2D eigenvalue weighted by Gasteiger charge is -2.24. The molecule has 78 heavy (non-hydrogen) atoms. The molecule has 8 aromatic rings. The highest BCUT2D eigenvalue weighted by atomic mass is 35.5. The Balaban J connectivity index is 0.000000189. The summed E-state index contributed by atoms with van der Waals surface area (Å²) >= 11 is 12.0. The molecule has 0 radical (unpaired) electrons. The Morgan fingerprint density at radius 2 is 1.18 bits per heavy atom. The van der Waals surface area contributed by atoms with Crippen molar-refractivity contribution in [3.63, 3.8) is 0 Å². The highest BCUT2D eigenvalue weighted by Crippen LogP contribution is 2.37. The first-order valence-corrected chi connectivity index (χ1v) is 26.4. The number of carbonyl (C=O) groups excluding carboxylic acids is 2. The van der Waals surface area contributed by atoms with E-state index in [2.05, 4.69) is 45.6 Å². The molecule has 8 atom stereocenters. The number of fused-ring (bicyclic) bond motifs is 3. The third kappa shape index (κ3) is 13.9. The lowest BCUT2D eigenvalue weighted by Crippen LogP contribution is -2.48. The third-order valence-electron chi connectivity index (χ3n) is 14.2. The number of amides is 1. The molecule has 16 heteroatoms. The third-order valence-corrected chi connectivity index (χ3v) is 14.7. The molecule has 1 amide bonds. The number of aliphatic hydroxyl groups excluding tert-OH is 3. The number of nitrogens with one attached hydrogen (secondary N) is 3. The molecule has 0 spiro atoms. The van der Waals surface area contributed by atoms with Gasteiger partial charge in [-0.1, -0.05) is 135 Å². The van der Waals surface area contributed by atoms with E-state index >= 15 is 0 Å². The average molecular weight is 1100 g/mol. The zero-order valence-corrected chi connectivity index (χ0v) is 43.9. The van der Waals surface area contributed by atoms with E-state index in [0.29, 0.717) is 49.3 Å². The van der Waals surface area contributed by atoms with Crippen LogP contribution in [0.3, 0.4) is 0 Å². The summed E-state index contributed by atoms with van der Waals surface area (Å²) < 4.78 is 5.19. The van der Waals surface area contributed by atoms with Crippen LogP contribution in [0.2, 0.25) is 10.0 Å². The van der Waals surface area contributed by atoms with Crippen LogP contribution in [0.4, 0.5) is 0 Å². The van der Waals surface area contributed by atoms with E-state index in [4.69, 9.17) is 43.3 Å². The van der Waals surface area contributed by atoms with Gasteiger partial charge in [0, 0.05) is 56.7 Å². The molecule has 3 aliphatic rings. The number of hydroxylamine groups is 4. The quantitative estimate of drug-likeness (QED) is 0.0482. The molecule has 0 saturated carbocycles. The molecule has 412 valence electrons. The number of cyclic esters (lactones) is 1. The number of esters is 1. The summed E-state index contributed by atoms with van der Waals surface area (Å²) in [7, 11) is 0. The van der Waals surface area contributed by atoms with Crippen LogP contribution in [0.5, 0.6) is 0 Å². The number of ether oxygens (including phenoxy) is 1. The molecule has 11 rings (SSSR count). The zero-order chi connectivity index (χ0) is 53.3. The number of halogens is 2.